The maximum atomic E-state index is 12.6. The van der Waals surface area contributed by atoms with Gasteiger partial charge in [0.05, 0.1) is 25.4 Å². The molecule has 0 fully saturated rings. The van der Waals surface area contributed by atoms with Crippen LogP contribution in [0.25, 0.3) is 0 Å². The Morgan fingerprint density at radius 2 is 0.547 bits per heavy atom. The molecule has 0 saturated carbocycles. The Kier molecular flexibility index (Phi) is 74.8. The first kappa shape index (κ1) is 84.6. The van der Waals surface area contributed by atoms with E-state index in [-0.39, 0.29) is 18.5 Å². The van der Waals surface area contributed by atoms with E-state index in [0.29, 0.717) is 25.9 Å². The summed E-state index contributed by atoms with van der Waals surface area (Å²) in [5.74, 6) is -0.00584. The average molecular weight is 1210 g/mol. The van der Waals surface area contributed by atoms with Gasteiger partial charge in [0, 0.05) is 12.8 Å². The number of esters is 1. The van der Waals surface area contributed by atoms with Crippen molar-refractivity contribution in [3.63, 3.8) is 0 Å². The molecule has 86 heavy (non-hydrogen) atoms. The number of unbranched alkanes of at least 4 members (excludes halogenated alkanes) is 63. The number of rotatable bonds is 76. The minimum Gasteiger partial charge on any atom is -0.466 e. The molecule has 512 valence electrons. The van der Waals surface area contributed by atoms with Gasteiger partial charge in [-0.15, -0.1) is 0 Å². The maximum absolute atomic E-state index is 12.6. The number of nitrogens with one attached hydrogen (secondary N) is 1. The van der Waals surface area contributed by atoms with Crippen LogP contribution in [0.2, 0.25) is 0 Å². The smallest absolute Gasteiger partial charge is 0.305 e. The lowest BCUT2D eigenvalue weighted by molar-refractivity contribution is -0.143. The highest BCUT2D eigenvalue weighted by Gasteiger charge is 2.20. The van der Waals surface area contributed by atoms with Crippen LogP contribution in [0.15, 0.2) is 12.2 Å². The van der Waals surface area contributed by atoms with Crippen molar-refractivity contribution in [2.24, 2.45) is 0 Å². The van der Waals surface area contributed by atoms with E-state index in [2.05, 4.69) is 31.3 Å². The van der Waals surface area contributed by atoms with Crippen LogP contribution in [0.5, 0.6) is 0 Å². The van der Waals surface area contributed by atoms with Crippen LogP contribution < -0.4 is 5.32 Å². The number of hydrogen-bond donors (Lipinski definition) is 3. The molecule has 6 nitrogen and oxygen atoms in total. The van der Waals surface area contributed by atoms with Crippen LogP contribution in [0, 0.1) is 0 Å². The number of carbonyl (C=O) groups excluding carboxylic acids is 2. The van der Waals surface area contributed by atoms with Crippen LogP contribution in [-0.2, 0) is 14.3 Å². The van der Waals surface area contributed by atoms with E-state index in [1.807, 2.05) is 0 Å². The lowest BCUT2D eigenvalue weighted by Gasteiger charge is -2.22. The fourth-order valence-electron chi connectivity index (χ4n) is 13.0. The molecule has 0 heterocycles. The minimum atomic E-state index is -0.664. The van der Waals surface area contributed by atoms with E-state index in [4.69, 9.17) is 4.74 Å². The number of ether oxygens (including phenoxy) is 1. The van der Waals surface area contributed by atoms with Gasteiger partial charge >= 0.3 is 5.97 Å². The number of hydrogen-bond acceptors (Lipinski definition) is 5. The molecule has 0 rings (SSSR count). The number of amides is 1. The molecule has 0 radical (unpaired) electrons. The molecule has 3 N–H and O–H groups in total. The zero-order chi connectivity index (χ0) is 62.0. The summed E-state index contributed by atoms with van der Waals surface area (Å²) in [6.07, 6.45) is 95.9. The Labute approximate surface area is 539 Å². The summed E-state index contributed by atoms with van der Waals surface area (Å²) in [6.45, 7) is 5.01. The third-order valence-corrected chi connectivity index (χ3v) is 19.1. The third kappa shape index (κ3) is 71.7. The molecule has 6 heteroatoms. The summed E-state index contributed by atoms with van der Waals surface area (Å²) < 4.78 is 5.49. The first-order valence-electron chi connectivity index (χ1n) is 39.9. The van der Waals surface area contributed by atoms with Crippen molar-refractivity contribution in [3.8, 4) is 0 Å². The first-order chi connectivity index (χ1) is 42.5. The normalized spacial score (nSPS) is 12.5. The summed E-state index contributed by atoms with van der Waals surface area (Å²) in [6, 6.07) is -0.540. The molecule has 0 aromatic rings. The van der Waals surface area contributed by atoms with Gasteiger partial charge in [-0.05, 0) is 51.4 Å². The van der Waals surface area contributed by atoms with Gasteiger partial charge < -0.3 is 20.3 Å². The van der Waals surface area contributed by atoms with Gasteiger partial charge in [-0.2, -0.15) is 0 Å². The molecule has 2 unspecified atom stereocenters. The van der Waals surface area contributed by atoms with Crippen LogP contribution in [0.3, 0.4) is 0 Å². The van der Waals surface area contributed by atoms with E-state index in [0.717, 1.165) is 38.5 Å². The van der Waals surface area contributed by atoms with Crippen molar-refractivity contribution < 1.29 is 24.5 Å². The number of carbonyl (C=O) groups is 2. The molecule has 0 aromatic carbocycles. The lowest BCUT2D eigenvalue weighted by atomic mass is 10.0. The highest BCUT2D eigenvalue weighted by Crippen LogP contribution is 2.20. The van der Waals surface area contributed by atoms with Crippen molar-refractivity contribution in [2.75, 3.05) is 13.2 Å². The number of allylic oxidation sites excluding steroid dienone is 2. The van der Waals surface area contributed by atoms with Crippen molar-refractivity contribution in [2.45, 2.75) is 475 Å². The Balaban J connectivity index is 3.35. The van der Waals surface area contributed by atoms with Crippen molar-refractivity contribution in [1.82, 2.24) is 5.32 Å². The summed E-state index contributed by atoms with van der Waals surface area (Å²) in [5.41, 5.74) is 0. The molecule has 0 aliphatic heterocycles. The average Bonchev–Trinajstić information content (AvgIpc) is 3.59. The molecular formula is C80H157NO5. The van der Waals surface area contributed by atoms with Gasteiger partial charge in [0.25, 0.3) is 0 Å². The number of aliphatic hydroxyl groups excluding tert-OH is 2. The number of aliphatic hydroxyl groups is 2. The summed E-state index contributed by atoms with van der Waals surface area (Å²) in [4.78, 5) is 24.6. The van der Waals surface area contributed by atoms with Crippen LogP contribution >= 0.6 is 0 Å². The molecule has 2 atom stereocenters. The van der Waals surface area contributed by atoms with E-state index in [9.17, 15) is 19.8 Å². The van der Waals surface area contributed by atoms with Crippen LogP contribution in [0.4, 0.5) is 0 Å². The third-order valence-electron chi connectivity index (χ3n) is 19.1. The lowest BCUT2D eigenvalue weighted by Crippen LogP contribution is -2.45. The SMILES string of the molecule is CCCCCCCCCCCCCCCCCCCCCCCCCCCC(O)C(CO)NC(=O)CCCCCCCCCCCCCCCCCC/C=C\CCCCCCCCCCCCCCOC(=O)CCCCCCCCCCCCCC. The molecule has 0 bridgehead atoms. The summed E-state index contributed by atoms with van der Waals surface area (Å²) in [5, 5.41) is 23.5. The molecular weight excluding hydrogens is 1050 g/mol. The summed E-state index contributed by atoms with van der Waals surface area (Å²) >= 11 is 0. The van der Waals surface area contributed by atoms with Crippen molar-refractivity contribution >= 4 is 11.9 Å². The topological polar surface area (TPSA) is 95.9 Å². The Morgan fingerprint density at radius 1 is 0.314 bits per heavy atom. The molecule has 0 aromatic heterocycles. The Bertz CT molecular complexity index is 1300. The van der Waals surface area contributed by atoms with Gasteiger partial charge in [-0.3, -0.25) is 9.59 Å². The van der Waals surface area contributed by atoms with Gasteiger partial charge in [-0.1, -0.05) is 411 Å². The van der Waals surface area contributed by atoms with Gasteiger partial charge in [0.2, 0.25) is 5.91 Å². The monoisotopic (exact) mass is 1210 g/mol. The maximum Gasteiger partial charge on any atom is 0.305 e. The van der Waals surface area contributed by atoms with Gasteiger partial charge in [0.15, 0.2) is 0 Å². The second-order valence-electron chi connectivity index (χ2n) is 27.8. The zero-order valence-corrected chi connectivity index (χ0v) is 58.8. The highest BCUT2D eigenvalue weighted by atomic mass is 16.5. The van der Waals surface area contributed by atoms with Gasteiger partial charge in [0.1, 0.15) is 0 Å². The predicted octanol–water partition coefficient (Wildman–Crippen LogP) is 26.3. The minimum absolute atomic E-state index is 0.0201. The summed E-state index contributed by atoms with van der Waals surface area (Å²) in [7, 11) is 0. The highest BCUT2D eigenvalue weighted by molar-refractivity contribution is 5.76. The molecule has 0 aliphatic carbocycles. The van der Waals surface area contributed by atoms with Crippen molar-refractivity contribution in [3.05, 3.63) is 12.2 Å². The second-order valence-corrected chi connectivity index (χ2v) is 27.8. The standard InChI is InChI=1S/C80H157NO5/c1-3-5-7-9-11-13-15-17-18-19-20-21-22-31-34-37-40-43-46-49-52-56-60-64-68-72-78(83)77(76-82)81-79(84)73-69-65-61-57-53-50-47-44-41-38-35-32-29-27-25-23-24-26-28-30-33-36-39-42-45-48-51-55-59-63-67-71-75-86-80(85)74-70-66-62-58-54-16-14-12-10-8-6-4-2/h26,28,77-78,82-83H,3-25,27,29-76H2,1-2H3,(H,81,84)/b28-26-. The first-order valence-corrected chi connectivity index (χ1v) is 39.9. The molecule has 0 saturated heterocycles. The second kappa shape index (κ2) is 76.1. The molecule has 1 amide bonds. The van der Waals surface area contributed by atoms with E-state index in [1.165, 1.54) is 392 Å². The van der Waals surface area contributed by atoms with E-state index >= 15 is 0 Å². The van der Waals surface area contributed by atoms with Gasteiger partial charge in [-0.25, -0.2) is 0 Å². The quantitative estimate of drug-likeness (QED) is 0.0320. The Morgan fingerprint density at radius 3 is 0.826 bits per heavy atom. The largest absolute Gasteiger partial charge is 0.466 e. The zero-order valence-electron chi connectivity index (χ0n) is 58.8. The Hall–Kier alpha value is -1.40. The van der Waals surface area contributed by atoms with E-state index in [1.54, 1.807) is 0 Å². The molecule has 0 spiro atoms. The van der Waals surface area contributed by atoms with Crippen LogP contribution in [0.1, 0.15) is 463 Å². The fourth-order valence-corrected chi connectivity index (χ4v) is 13.0. The van der Waals surface area contributed by atoms with Crippen molar-refractivity contribution in [1.29, 1.82) is 0 Å². The van der Waals surface area contributed by atoms with E-state index < -0.39 is 12.1 Å². The predicted molar refractivity (Wildman–Crippen MR) is 380 cm³/mol. The fraction of sp³-hybridized carbons (Fsp3) is 0.950. The van der Waals surface area contributed by atoms with Crippen LogP contribution in [-0.4, -0.2) is 47.4 Å². The molecule has 0 aliphatic rings.